The highest BCUT2D eigenvalue weighted by atomic mass is 19.1. The number of hydrogen-bond acceptors (Lipinski definition) is 5. The Morgan fingerprint density at radius 3 is 2.56 bits per heavy atom. The highest BCUT2D eigenvalue weighted by Gasteiger charge is 2.16. The number of nitrogens with one attached hydrogen (secondary N) is 1. The van der Waals surface area contributed by atoms with Crippen LogP contribution >= 0.6 is 0 Å². The fourth-order valence-electron chi connectivity index (χ4n) is 3.35. The van der Waals surface area contributed by atoms with Gasteiger partial charge in [-0.05, 0) is 36.4 Å². The maximum atomic E-state index is 13.9. The summed E-state index contributed by atoms with van der Waals surface area (Å²) >= 11 is 0. The van der Waals surface area contributed by atoms with Gasteiger partial charge in [0.05, 0.1) is 23.2 Å². The van der Waals surface area contributed by atoms with Crippen molar-refractivity contribution in [3.63, 3.8) is 0 Å². The molecule has 3 aromatic carbocycles. The van der Waals surface area contributed by atoms with Crippen LogP contribution in [0.2, 0.25) is 0 Å². The fourth-order valence-corrected chi connectivity index (χ4v) is 3.35. The molecule has 0 unspecified atom stereocenters. The Balaban J connectivity index is 1.60. The van der Waals surface area contributed by atoms with Gasteiger partial charge in [-0.2, -0.15) is 10.2 Å². The van der Waals surface area contributed by atoms with Crippen molar-refractivity contribution in [3.05, 3.63) is 113 Å². The molecule has 0 spiro atoms. The molecule has 5 aromatic rings. The van der Waals surface area contributed by atoms with Crippen LogP contribution in [-0.4, -0.2) is 16.0 Å². The lowest BCUT2D eigenvalue weighted by atomic mass is 10.1. The molecule has 2 heterocycles. The summed E-state index contributed by atoms with van der Waals surface area (Å²) in [6.45, 7) is 0. The average Bonchev–Trinajstić information content (AvgIpc) is 3.24. The van der Waals surface area contributed by atoms with Crippen molar-refractivity contribution >= 4 is 22.9 Å². The molecule has 0 fully saturated rings. The van der Waals surface area contributed by atoms with E-state index < -0.39 is 11.4 Å². The Labute approximate surface area is 182 Å². The Kier molecular flexibility index (Phi) is 5.05. The first-order valence-electron chi connectivity index (χ1n) is 9.91. The number of anilines is 1. The predicted octanol–water partition coefficient (Wildman–Crippen LogP) is 5.23. The summed E-state index contributed by atoms with van der Waals surface area (Å²) in [4.78, 5) is 12.7. The van der Waals surface area contributed by atoms with E-state index in [1.165, 1.54) is 12.3 Å². The molecule has 1 N–H and O–H groups in total. The molecule has 7 heteroatoms. The topological polar surface area (TPSA) is 72.4 Å². The van der Waals surface area contributed by atoms with Crippen LogP contribution in [0.1, 0.15) is 5.56 Å². The molecule has 0 saturated heterocycles. The van der Waals surface area contributed by atoms with Gasteiger partial charge in [-0.3, -0.25) is 5.43 Å². The van der Waals surface area contributed by atoms with Crippen molar-refractivity contribution in [3.8, 4) is 16.9 Å². The molecule has 0 aliphatic rings. The van der Waals surface area contributed by atoms with Crippen LogP contribution in [0.5, 0.6) is 0 Å². The van der Waals surface area contributed by atoms with Gasteiger partial charge in [-0.15, -0.1) is 0 Å². The minimum atomic E-state index is -0.501. The SMILES string of the molecule is O=c1oc2ccccc2cc1-c1nn(-c2ccccc2)cc1/C=N/Nc1ccccc1F. The maximum Gasteiger partial charge on any atom is 0.345 e. The molecular formula is C25H17FN4O2. The summed E-state index contributed by atoms with van der Waals surface area (Å²) in [7, 11) is 0. The standard InChI is InChI=1S/C25H17FN4O2/c26-21-11-5-6-12-22(21)28-27-15-18-16-30(19-9-2-1-3-10-19)29-24(18)20-14-17-8-4-7-13-23(17)32-25(20)31/h1-16,28H/b27-15+. The molecule has 0 saturated carbocycles. The first-order valence-corrected chi connectivity index (χ1v) is 9.91. The number of rotatable bonds is 5. The van der Waals surface area contributed by atoms with Gasteiger partial charge in [0.15, 0.2) is 0 Å². The van der Waals surface area contributed by atoms with E-state index in [1.807, 2.05) is 48.5 Å². The van der Waals surface area contributed by atoms with Crippen molar-refractivity contribution in [1.82, 2.24) is 9.78 Å². The molecule has 156 valence electrons. The van der Waals surface area contributed by atoms with E-state index in [4.69, 9.17) is 4.42 Å². The zero-order valence-corrected chi connectivity index (χ0v) is 16.8. The molecule has 0 bridgehead atoms. The van der Waals surface area contributed by atoms with Gasteiger partial charge < -0.3 is 4.42 Å². The summed E-state index contributed by atoms with van der Waals surface area (Å²) in [5.74, 6) is -0.417. The number of halogens is 1. The highest BCUT2D eigenvalue weighted by molar-refractivity contribution is 5.91. The summed E-state index contributed by atoms with van der Waals surface area (Å²) < 4.78 is 21.0. The first-order chi connectivity index (χ1) is 15.7. The summed E-state index contributed by atoms with van der Waals surface area (Å²) in [6.07, 6.45) is 3.26. The van der Waals surface area contributed by atoms with Crippen LogP contribution in [0.4, 0.5) is 10.1 Å². The molecule has 6 nitrogen and oxygen atoms in total. The first kappa shape index (κ1) is 19.4. The summed E-state index contributed by atoms with van der Waals surface area (Å²) in [5.41, 5.74) is 5.04. The van der Waals surface area contributed by atoms with Crippen LogP contribution in [0.3, 0.4) is 0 Å². The lowest BCUT2D eigenvalue weighted by molar-refractivity contribution is 0.563. The van der Waals surface area contributed by atoms with Gasteiger partial charge in [0.2, 0.25) is 0 Å². The predicted molar refractivity (Wildman–Crippen MR) is 123 cm³/mol. The van der Waals surface area contributed by atoms with Crippen LogP contribution in [0.25, 0.3) is 27.9 Å². The molecule has 32 heavy (non-hydrogen) atoms. The zero-order valence-electron chi connectivity index (χ0n) is 16.8. The third-order valence-corrected chi connectivity index (χ3v) is 4.92. The van der Waals surface area contributed by atoms with Crippen LogP contribution < -0.4 is 11.1 Å². The van der Waals surface area contributed by atoms with E-state index in [-0.39, 0.29) is 5.69 Å². The van der Waals surface area contributed by atoms with Crippen LogP contribution in [0, 0.1) is 5.82 Å². The van der Waals surface area contributed by atoms with E-state index in [2.05, 4.69) is 15.6 Å². The lowest BCUT2D eigenvalue weighted by Crippen LogP contribution is -2.05. The highest BCUT2D eigenvalue weighted by Crippen LogP contribution is 2.24. The molecule has 0 amide bonds. The average molecular weight is 424 g/mol. The molecule has 0 aliphatic carbocycles. The number of nitrogens with zero attached hydrogens (tertiary/aromatic N) is 3. The quantitative estimate of drug-likeness (QED) is 0.238. The normalized spacial score (nSPS) is 11.3. The second-order valence-electron chi connectivity index (χ2n) is 7.05. The third kappa shape index (κ3) is 3.79. The second kappa shape index (κ2) is 8.31. The molecular weight excluding hydrogens is 407 g/mol. The number of fused-ring (bicyclic) bond motifs is 1. The van der Waals surface area contributed by atoms with E-state index in [0.29, 0.717) is 22.4 Å². The molecule has 5 rings (SSSR count). The van der Waals surface area contributed by atoms with Crippen LogP contribution in [0.15, 0.2) is 105 Å². The smallest absolute Gasteiger partial charge is 0.345 e. The van der Waals surface area contributed by atoms with Crippen molar-refractivity contribution in [1.29, 1.82) is 0 Å². The lowest BCUT2D eigenvalue weighted by Gasteiger charge is -2.02. The van der Waals surface area contributed by atoms with Gasteiger partial charge in [-0.1, -0.05) is 48.5 Å². The van der Waals surface area contributed by atoms with E-state index >= 15 is 0 Å². The van der Waals surface area contributed by atoms with Crippen molar-refractivity contribution in [2.75, 3.05) is 5.43 Å². The van der Waals surface area contributed by atoms with Crippen LogP contribution in [-0.2, 0) is 0 Å². The van der Waals surface area contributed by atoms with Gasteiger partial charge >= 0.3 is 5.63 Å². The number of hydrogen-bond donors (Lipinski definition) is 1. The minimum Gasteiger partial charge on any atom is -0.422 e. The third-order valence-electron chi connectivity index (χ3n) is 4.92. The van der Waals surface area contributed by atoms with Gasteiger partial charge in [0, 0.05) is 17.1 Å². The van der Waals surface area contributed by atoms with Gasteiger partial charge in [-0.25, -0.2) is 13.9 Å². The van der Waals surface area contributed by atoms with Crippen molar-refractivity contribution in [2.24, 2.45) is 5.10 Å². The Morgan fingerprint density at radius 2 is 1.72 bits per heavy atom. The molecule has 0 atom stereocenters. The number of para-hydroxylation sites is 3. The number of hydrazone groups is 1. The molecule has 2 aromatic heterocycles. The summed E-state index contributed by atoms with van der Waals surface area (Å²) in [5, 5.41) is 9.56. The Bertz CT molecular complexity index is 1490. The molecule has 0 radical (unpaired) electrons. The van der Waals surface area contributed by atoms with E-state index in [9.17, 15) is 9.18 Å². The summed E-state index contributed by atoms with van der Waals surface area (Å²) in [6, 6.07) is 24.8. The minimum absolute atomic E-state index is 0.242. The van der Waals surface area contributed by atoms with Gasteiger partial charge in [0.25, 0.3) is 0 Å². The largest absolute Gasteiger partial charge is 0.422 e. The monoisotopic (exact) mass is 424 g/mol. The number of aromatic nitrogens is 2. The van der Waals surface area contributed by atoms with Gasteiger partial charge in [0.1, 0.15) is 17.1 Å². The van der Waals surface area contributed by atoms with E-state index in [1.54, 1.807) is 41.2 Å². The second-order valence-corrected chi connectivity index (χ2v) is 7.05. The fraction of sp³-hybridized carbons (Fsp3) is 0. The van der Waals surface area contributed by atoms with Crippen molar-refractivity contribution in [2.45, 2.75) is 0 Å². The Hall–Kier alpha value is -4.52. The zero-order chi connectivity index (χ0) is 21.9. The van der Waals surface area contributed by atoms with E-state index in [0.717, 1.165) is 11.1 Å². The molecule has 0 aliphatic heterocycles. The van der Waals surface area contributed by atoms with Crippen molar-refractivity contribution < 1.29 is 8.81 Å². The Morgan fingerprint density at radius 1 is 0.969 bits per heavy atom. The maximum absolute atomic E-state index is 13.9. The number of benzene rings is 3.